The second-order valence-corrected chi connectivity index (χ2v) is 11.2. The van der Waals surface area contributed by atoms with Crippen LogP contribution < -0.4 is 15.7 Å². The number of alkyl halides is 3. The standard InChI is InChI=1S/C27H33F3N6O6/c1-26(2,3)33-22(37)20-16-41-21(32-20)15-34-11-13-35(14-12-34)23(38)17-7-9-19(10-8-17)36(42-24(39)27(28,29)30)25(40)31-18-5-4-6-18/h7-10,16,18H,4-6,11-15H2,1-3H3,(H,31,40)(H,33,37). The molecule has 1 aliphatic heterocycles. The molecule has 0 spiro atoms. The molecule has 12 nitrogen and oxygen atoms in total. The SMILES string of the molecule is CC(C)(C)NC(=O)c1coc(CN2CCN(C(=O)c3ccc(N(OC(=O)C(F)(F)F)C(=O)NC4CCC4)cc3)CC2)n1. The minimum atomic E-state index is -5.30. The maximum absolute atomic E-state index is 13.1. The quantitative estimate of drug-likeness (QED) is 0.487. The number of nitrogens with one attached hydrogen (secondary N) is 2. The summed E-state index contributed by atoms with van der Waals surface area (Å²) in [5.74, 6) is -2.81. The zero-order chi connectivity index (χ0) is 30.7. The van der Waals surface area contributed by atoms with Gasteiger partial charge in [0.2, 0.25) is 5.89 Å². The Balaban J connectivity index is 1.33. The molecule has 42 heavy (non-hydrogen) atoms. The fraction of sp³-hybridized carbons (Fsp3) is 0.519. The lowest BCUT2D eigenvalue weighted by atomic mass is 9.93. The molecular weight excluding hydrogens is 561 g/mol. The third-order valence-electron chi connectivity index (χ3n) is 6.66. The molecule has 15 heteroatoms. The summed E-state index contributed by atoms with van der Waals surface area (Å²) < 4.78 is 43.9. The van der Waals surface area contributed by atoms with E-state index in [1.807, 2.05) is 25.7 Å². The Morgan fingerprint density at radius 1 is 1.05 bits per heavy atom. The zero-order valence-corrected chi connectivity index (χ0v) is 23.5. The van der Waals surface area contributed by atoms with Crippen LogP contribution in [0.15, 0.2) is 34.9 Å². The van der Waals surface area contributed by atoms with Crippen LogP contribution in [-0.4, -0.2) is 82.5 Å². The Labute approximate surface area is 240 Å². The summed E-state index contributed by atoms with van der Waals surface area (Å²) in [6, 6.07) is 3.95. The molecule has 1 saturated carbocycles. The fourth-order valence-corrected chi connectivity index (χ4v) is 4.25. The maximum atomic E-state index is 13.1. The highest BCUT2D eigenvalue weighted by atomic mass is 19.4. The number of nitrogens with zero attached hydrogens (tertiary/aromatic N) is 4. The molecule has 1 saturated heterocycles. The molecule has 1 aromatic heterocycles. The Hall–Kier alpha value is -4.14. The van der Waals surface area contributed by atoms with Crippen LogP contribution in [0.2, 0.25) is 0 Å². The summed E-state index contributed by atoms with van der Waals surface area (Å²) in [5, 5.41) is 5.60. The summed E-state index contributed by atoms with van der Waals surface area (Å²) in [7, 11) is 0. The first-order valence-corrected chi connectivity index (χ1v) is 13.5. The third kappa shape index (κ3) is 7.99. The Morgan fingerprint density at radius 3 is 2.24 bits per heavy atom. The molecule has 2 heterocycles. The van der Waals surface area contributed by atoms with E-state index in [0.29, 0.717) is 51.5 Å². The number of amides is 4. The van der Waals surface area contributed by atoms with Crippen molar-refractivity contribution in [2.75, 3.05) is 31.2 Å². The number of hydroxylamine groups is 1. The van der Waals surface area contributed by atoms with Crippen molar-refractivity contribution in [1.82, 2.24) is 25.4 Å². The third-order valence-corrected chi connectivity index (χ3v) is 6.66. The minimum absolute atomic E-state index is 0.146. The van der Waals surface area contributed by atoms with Gasteiger partial charge in [0.15, 0.2) is 5.69 Å². The predicted molar refractivity (Wildman–Crippen MR) is 142 cm³/mol. The molecule has 228 valence electrons. The maximum Gasteiger partial charge on any atom is 0.493 e. The van der Waals surface area contributed by atoms with E-state index in [2.05, 4.69) is 20.5 Å². The molecule has 0 atom stereocenters. The number of piperazine rings is 1. The van der Waals surface area contributed by atoms with Crippen molar-refractivity contribution in [3.8, 4) is 0 Å². The Kier molecular flexibility index (Phi) is 9.09. The van der Waals surface area contributed by atoms with Crippen LogP contribution in [0.5, 0.6) is 0 Å². The van der Waals surface area contributed by atoms with Gasteiger partial charge in [-0.25, -0.2) is 14.6 Å². The van der Waals surface area contributed by atoms with E-state index in [-0.39, 0.29) is 39.9 Å². The molecule has 0 radical (unpaired) electrons. The van der Waals surface area contributed by atoms with Gasteiger partial charge in [-0.05, 0) is 64.3 Å². The summed E-state index contributed by atoms with van der Waals surface area (Å²) in [4.78, 5) is 61.7. The van der Waals surface area contributed by atoms with Gasteiger partial charge in [0.25, 0.3) is 11.8 Å². The van der Waals surface area contributed by atoms with Gasteiger partial charge in [-0.3, -0.25) is 14.5 Å². The number of carbonyl (C=O) groups is 4. The van der Waals surface area contributed by atoms with E-state index >= 15 is 0 Å². The van der Waals surface area contributed by atoms with Crippen LogP contribution in [-0.2, 0) is 16.2 Å². The average molecular weight is 595 g/mol. The molecule has 0 bridgehead atoms. The molecule has 2 fully saturated rings. The van der Waals surface area contributed by atoms with Crippen LogP contribution in [0.3, 0.4) is 0 Å². The lowest BCUT2D eigenvalue weighted by Crippen LogP contribution is -2.49. The molecule has 1 aliphatic carbocycles. The van der Waals surface area contributed by atoms with E-state index in [4.69, 9.17) is 4.42 Å². The van der Waals surface area contributed by atoms with Crippen LogP contribution in [0, 0.1) is 0 Å². The molecular formula is C27H33F3N6O6. The first-order chi connectivity index (χ1) is 19.7. The van der Waals surface area contributed by atoms with Gasteiger partial charge in [-0.15, -0.1) is 5.06 Å². The van der Waals surface area contributed by atoms with Gasteiger partial charge < -0.3 is 24.8 Å². The summed E-state index contributed by atoms with van der Waals surface area (Å²) >= 11 is 0. The number of hydrogen-bond donors (Lipinski definition) is 2. The average Bonchev–Trinajstić information content (AvgIpc) is 3.36. The van der Waals surface area contributed by atoms with E-state index in [1.54, 1.807) is 4.90 Å². The highest BCUT2D eigenvalue weighted by Crippen LogP contribution is 2.24. The zero-order valence-electron chi connectivity index (χ0n) is 23.5. The van der Waals surface area contributed by atoms with Gasteiger partial charge in [-0.2, -0.15) is 13.2 Å². The topological polar surface area (TPSA) is 137 Å². The number of rotatable bonds is 6. The van der Waals surface area contributed by atoms with Crippen molar-refractivity contribution < 1.29 is 41.6 Å². The second-order valence-electron chi connectivity index (χ2n) is 11.2. The van der Waals surface area contributed by atoms with Gasteiger partial charge >= 0.3 is 18.2 Å². The number of anilines is 1. The van der Waals surface area contributed by atoms with Gasteiger partial charge in [0.05, 0.1) is 12.2 Å². The number of aromatic nitrogens is 1. The van der Waals surface area contributed by atoms with Crippen molar-refractivity contribution in [2.45, 2.75) is 64.3 Å². The smallest absolute Gasteiger partial charge is 0.447 e. The molecule has 2 N–H and O–H groups in total. The van der Waals surface area contributed by atoms with E-state index < -0.39 is 23.7 Å². The van der Waals surface area contributed by atoms with Crippen molar-refractivity contribution in [3.63, 3.8) is 0 Å². The fourth-order valence-electron chi connectivity index (χ4n) is 4.25. The lowest BCUT2D eigenvalue weighted by molar-refractivity contribution is -0.199. The number of halogens is 3. The molecule has 2 aliphatic rings. The highest BCUT2D eigenvalue weighted by molar-refractivity contribution is 5.96. The number of hydrogen-bond acceptors (Lipinski definition) is 8. The number of benzene rings is 1. The lowest BCUT2D eigenvalue weighted by Gasteiger charge is -2.34. The Morgan fingerprint density at radius 2 is 1.69 bits per heavy atom. The van der Waals surface area contributed by atoms with Crippen molar-refractivity contribution in [1.29, 1.82) is 0 Å². The number of oxazole rings is 1. The van der Waals surface area contributed by atoms with Crippen molar-refractivity contribution >= 4 is 29.5 Å². The van der Waals surface area contributed by atoms with Gasteiger partial charge in [-0.1, -0.05) is 0 Å². The van der Waals surface area contributed by atoms with E-state index in [9.17, 15) is 32.3 Å². The predicted octanol–water partition coefficient (Wildman–Crippen LogP) is 3.25. The van der Waals surface area contributed by atoms with Gasteiger partial charge in [0, 0.05) is 43.3 Å². The van der Waals surface area contributed by atoms with Crippen molar-refractivity contribution in [2.24, 2.45) is 0 Å². The normalized spacial score (nSPS) is 16.4. The van der Waals surface area contributed by atoms with Crippen LogP contribution in [0.4, 0.5) is 23.7 Å². The van der Waals surface area contributed by atoms with Crippen LogP contribution in [0.1, 0.15) is 66.8 Å². The monoisotopic (exact) mass is 594 g/mol. The van der Waals surface area contributed by atoms with Crippen LogP contribution in [0.25, 0.3) is 0 Å². The second kappa shape index (κ2) is 12.4. The first-order valence-electron chi connectivity index (χ1n) is 13.5. The summed E-state index contributed by atoms with van der Waals surface area (Å²) in [5.41, 5.74) is -0.129. The van der Waals surface area contributed by atoms with Crippen molar-refractivity contribution in [3.05, 3.63) is 47.7 Å². The Bertz CT molecular complexity index is 1290. The summed E-state index contributed by atoms with van der Waals surface area (Å²) in [6.45, 7) is 7.74. The van der Waals surface area contributed by atoms with E-state index in [1.165, 1.54) is 30.5 Å². The molecule has 1 aromatic carbocycles. The van der Waals surface area contributed by atoms with Crippen LogP contribution >= 0.6 is 0 Å². The number of urea groups is 1. The largest absolute Gasteiger partial charge is 0.493 e. The first kappa shape index (κ1) is 30.8. The van der Waals surface area contributed by atoms with E-state index in [0.717, 1.165) is 6.42 Å². The molecule has 0 unspecified atom stereocenters. The number of carbonyl (C=O) groups excluding carboxylic acids is 4. The molecule has 4 rings (SSSR count). The van der Waals surface area contributed by atoms with Gasteiger partial charge in [0.1, 0.15) is 6.26 Å². The minimum Gasteiger partial charge on any atom is -0.447 e. The summed E-state index contributed by atoms with van der Waals surface area (Å²) in [6.07, 6.45) is -1.79. The highest BCUT2D eigenvalue weighted by Gasteiger charge is 2.44. The molecule has 2 aromatic rings. The molecule has 4 amide bonds.